The molecule has 1 aliphatic carbocycles. The predicted octanol–water partition coefficient (Wildman–Crippen LogP) is 3.03. The van der Waals surface area contributed by atoms with Gasteiger partial charge in [0.15, 0.2) is 0 Å². The van der Waals surface area contributed by atoms with E-state index in [1.165, 1.54) is 18.9 Å². The van der Waals surface area contributed by atoms with Crippen molar-refractivity contribution in [2.45, 2.75) is 31.6 Å². The van der Waals surface area contributed by atoms with Crippen molar-refractivity contribution >= 4 is 0 Å². The fourth-order valence-electron chi connectivity index (χ4n) is 2.58. The van der Waals surface area contributed by atoms with Crippen molar-refractivity contribution in [2.75, 3.05) is 19.6 Å². The molecule has 0 amide bonds. The van der Waals surface area contributed by atoms with E-state index in [1.54, 1.807) is 0 Å². The molecule has 3 rings (SSSR count). The molecular weight excluding hydrogens is 284 g/mol. The molecule has 0 atom stereocenters. The number of benzene rings is 1. The van der Waals surface area contributed by atoms with Crippen LogP contribution < -0.4 is 5.32 Å². The Balaban J connectivity index is 1.72. The fourth-order valence-corrected chi connectivity index (χ4v) is 2.58. The Hall–Kier alpha value is -1.14. The summed E-state index contributed by atoms with van der Waals surface area (Å²) in [4.78, 5) is 2.19. The second-order valence-corrected chi connectivity index (χ2v) is 5.99. The first-order chi connectivity index (χ1) is 9.93. The molecule has 2 fully saturated rings. The Labute approximate surface area is 121 Å². The summed E-state index contributed by atoms with van der Waals surface area (Å²) >= 11 is 0. The van der Waals surface area contributed by atoms with E-state index >= 15 is 0 Å². The summed E-state index contributed by atoms with van der Waals surface area (Å²) in [5, 5.41) is 3.18. The van der Waals surface area contributed by atoms with Gasteiger partial charge in [-0.2, -0.15) is 13.2 Å². The van der Waals surface area contributed by atoms with E-state index in [-0.39, 0.29) is 0 Å². The predicted molar refractivity (Wildman–Crippen MR) is 71.2 cm³/mol. The molecule has 6 heteroatoms. The molecular formula is C15H18F4N2. The lowest BCUT2D eigenvalue weighted by Crippen LogP contribution is -2.57. The van der Waals surface area contributed by atoms with Crippen LogP contribution in [-0.4, -0.2) is 30.6 Å². The summed E-state index contributed by atoms with van der Waals surface area (Å²) in [5.41, 5.74) is -0.585. The third-order valence-corrected chi connectivity index (χ3v) is 4.22. The number of nitrogens with one attached hydrogen (secondary N) is 1. The average Bonchev–Trinajstić information content (AvgIpc) is 3.12. The third kappa shape index (κ3) is 3.55. The fraction of sp³-hybridized carbons (Fsp3) is 0.600. The van der Waals surface area contributed by atoms with Gasteiger partial charge in [-0.05, 0) is 30.9 Å². The summed E-state index contributed by atoms with van der Waals surface area (Å²) in [6.07, 6.45) is -2.09. The summed E-state index contributed by atoms with van der Waals surface area (Å²) in [6, 6.07) is 3.20. The van der Waals surface area contributed by atoms with Crippen molar-refractivity contribution in [3.63, 3.8) is 0 Å². The first-order valence-electron chi connectivity index (χ1n) is 7.24. The van der Waals surface area contributed by atoms with Crippen LogP contribution in [0.5, 0.6) is 0 Å². The molecule has 1 aromatic carbocycles. The quantitative estimate of drug-likeness (QED) is 0.841. The first-order valence-corrected chi connectivity index (χ1v) is 7.24. The van der Waals surface area contributed by atoms with E-state index in [2.05, 4.69) is 10.2 Å². The minimum atomic E-state index is -4.50. The molecule has 0 spiro atoms. The van der Waals surface area contributed by atoms with Crippen molar-refractivity contribution in [2.24, 2.45) is 5.92 Å². The zero-order chi connectivity index (χ0) is 15.0. The molecule has 0 unspecified atom stereocenters. The van der Waals surface area contributed by atoms with E-state index in [0.29, 0.717) is 30.1 Å². The van der Waals surface area contributed by atoms with E-state index in [0.717, 1.165) is 25.7 Å². The monoisotopic (exact) mass is 302 g/mol. The highest BCUT2D eigenvalue weighted by Crippen LogP contribution is 2.33. The van der Waals surface area contributed by atoms with Gasteiger partial charge in [-0.25, -0.2) is 4.39 Å². The molecule has 2 aliphatic rings. The highest BCUT2D eigenvalue weighted by molar-refractivity contribution is 5.26. The third-order valence-electron chi connectivity index (χ3n) is 4.22. The van der Waals surface area contributed by atoms with Gasteiger partial charge in [-0.15, -0.1) is 0 Å². The topological polar surface area (TPSA) is 15.3 Å². The van der Waals surface area contributed by atoms with Gasteiger partial charge in [-0.3, -0.25) is 4.90 Å². The van der Waals surface area contributed by atoms with E-state index in [9.17, 15) is 17.6 Å². The van der Waals surface area contributed by atoms with Gasteiger partial charge in [0, 0.05) is 37.8 Å². The molecule has 1 N–H and O–H groups in total. The zero-order valence-corrected chi connectivity index (χ0v) is 11.6. The van der Waals surface area contributed by atoms with Gasteiger partial charge in [-0.1, -0.05) is 6.07 Å². The second-order valence-electron chi connectivity index (χ2n) is 5.99. The van der Waals surface area contributed by atoms with Crippen molar-refractivity contribution in [3.8, 4) is 0 Å². The zero-order valence-electron chi connectivity index (χ0n) is 11.6. The molecule has 0 bridgehead atoms. The Morgan fingerprint density at radius 3 is 2.38 bits per heavy atom. The Morgan fingerprint density at radius 1 is 1.19 bits per heavy atom. The van der Waals surface area contributed by atoms with Crippen molar-refractivity contribution < 1.29 is 17.6 Å². The molecule has 0 radical (unpaired) electrons. The minimum Gasteiger partial charge on any atom is -0.314 e. The lowest BCUT2D eigenvalue weighted by atomic mass is 10.1. The first kappa shape index (κ1) is 14.8. The summed E-state index contributed by atoms with van der Waals surface area (Å²) in [6.45, 7) is 3.03. The van der Waals surface area contributed by atoms with Gasteiger partial charge in [0.2, 0.25) is 0 Å². The van der Waals surface area contributed by atoms with E-state index < -0.39 is 17.6 Å². The maximum Gasteiger partial charge on any atom is 0.416 e. The van der Waals surface area contributed by atoms with Crippen LogP contribution >= 0.6 is 0 Å². The number of halogens is 4. The van der Waals surface area contributed by atoms with Crippen LogP contribution in [0.3, 0.4) is 0 Å². The maximum absolute atomic E-state index is 13.9. The lowest BCUT2D eigenvalue weighted by molar-refractivity contribution is -0.137. The SMILES string of the molecule is Fc1cc(C(F)(F)F)ccc1CN(CC1CC1)C1CNC1. The molecule has 1 saturated heterocycles. The Morgan fingerprint density at radius 2 is 1.90 bits per heavy atom. The smallest absolute Gasteiger partial charge is 0.314 e. The lowest BCUT2D eigenvalue weighted by Gasteiger charge is -2.38. The van der Waals surface area contributed by atoms with Crippen LogP contribution in [0, 0.1) is 11.7 Å². The number of hydrogen-bond donors (Lipinski definition) is 1. The molecule has 1 aromatic rings. The molecule has 116 valence electrons. The molecule has 21 heavy (non-hydrogen) atoms. The average molecular weight is 302 g/mol. The Bertz CT molecular complexity index is 507. The van der Waals surface area contributed by atoms with E-state index in [1.807, 2.05) is 0 Å². The number of hydrogen-bond acceptors (Lipinski definition) is 2. The standard InChI is InChI=1S/C15H18F4N2/c16-14-5-12(15(17,18)19)4-3-11(14)9-21(8-10-1-2-10)13-6-20-7-13/h3-5,10,13,20H,1-2,6-9H2. The van der Waals surface area contributed by atoms with Gasteiger partial charge < -0.3 is 5.32 Å². The second kappa shape index (κ2) is 5.57. The normalized spacial score (nSPS) is 19.9. The summed E-state index contributed by atoms with van der Waals surface area (Å²) in [7, 11) is 0. The van der Waals surface area contributed by atoms with Crippen LogP contribution in [0.25, 0.3) is 0 Å². The molecule has 1 heterocycles. The molecule has 1 aliphatic heterocycles. The number of nitrogens with zero attached hydrogens (tertiary/aromatic N) is 1. The Kier molecular flexibility index (Phi) is 3.92. The number of rotatable bonds is 5. The van der Waals surface area contributed by atoms with E-state index in [4.69, 9.17) is 0 Å². The summed E-state index contributed by atoms with van der Waals surface area (Å²) < 4.78 is 51.6. The van der Waals surface area contributed by atoms with Crippen LogP contribution in [0.2, 0.25) is 0 Å². The van der Waals surface area contributed by atoms with Crippen LogP contribution in [0.1, 0.15) is 24.0 Å². The van der Waals surface area contributed by atoms with Gasteiger partial charge in [0.1, 0.15) is 5.82 Å². The van der Waals surface area contributed by atoms with Crippen molar-refractivity contribution in [1.29, 1.82) is 0 Å². The molecule has 1 saturated carbocycles. The highest BCUT2D eigenvalue weighted by Gasteiger charge is 2.33. The largest absolute Gasteiger partial charge is 0.416 e. The number of alkyl halides is 3. The van der Waals surface area contributed by atoms with Crippen molar-refractivity contribution in [3.05, 3.63) is 35.1 Å². The highest BCUT2D eigenvalue weighted by atomic mass is 19.4. The summed E-state index contributed by atoms with van der Waals surface area (Å²) in [5.74, 6) is -0.0963. The van der Waals surface area contributed by atoms with Crippen LogP contribution in [0.4, 0.5) is 17.6 Å². The minimum absolute atomic E-state index is 0.343. The van der Waals surface area contributed by atoms with Crippen molar-refractivity contribution in [1.82, 2.24) is 10.2 Å². The van der Waals surface area contributed by atoms with Crippen LogP contribution in [0.15, 0.2) is 18.2 Å². The molecule has 0 aromatic heterocycles. The maximum atomic E-state index is 13.9. The van der Waals surface area contributed by atoms with Gasteiger partial charge in [0.05, 0.1) is 5.56 Å². The van der Waals surface area contributed by atoms with Crippen LogP contribution in [-0.2, 0) is 12.7 Å². The van der Waals surface area contributed by atoms with Gasteiger partial charge in [0.25, 0.3) is 0 Å². The molecule has 2 nitrogen and oxygen atoms in total. The van der Waals surface area contributed by atoms with Gasteiger partial charge >= 0.3 is 6.18 Å².